The van der Waals surface area contributed by atoms with Gasteiger partial charge in [-0.3, -0.25) is 19.6 Å². The van der Waals surface area contributed by atoms with Crippen molar-refractivity contribution in [2.45, 2.75) is 117 Å². The first-order chi connectivity index (χ1) is 25.2. The number of nitrogens with zero attached hydrogens (tertiary/aromatic N) is 3. The number of benzene rings is 2. The zero-order valence-corrected chi connectivity index (χ0v) is 32.5. The van der Waals surface area contributed by atoms with Gasteiger partial charge >= 0.3 is 12.1 Å². The molecule has 0 spiro atoms. The van der Waals surface area contributed by atoms with E-state index in [2.05, 4.69) is 66.4 Å². The molecule has 284 valence electrons. The van der Waals surface area contributed by atoms with Gasteiger partial charge in [-0.05, 0) is 101 Å². The molecule has 1 aromatic heterocycles. The number of allylic oxidation sites excluding steroid dienone is 1. The highest BCUT2D eigenvalue weighted by Crippen LogP contribution is 2.41. The number of nitrogens with one attached hydrogen (secondary N) is 2. The lowest BCUT2D eigenvalue weighted by atomic mass is 9.83. The maximum Gasteiger partial charge on any atom is 0.408 e. The predicted octanol–water partition coefficient (Wildman–Crippen LogP) is 7.00. The fourth-order valence-electron chi connectivity index (χ4n) is 7.70. The van der Waals surface area contributed by atoms with Crippen molar-refractivity contribution in [1.82, 2.24) is 20.3 Å². The maximum atomic E-state index is 14.1. The number of methoxy groups -OCH3 is 1. The minimum Gasteiger partial charge on any atom is -0.464 e. The number of amides is 2. The van der Waals surface area contributed by atoms with Crippen molar-refractivity contribution in [2.24, 2.45) is 10.4 Å². The number of carbonyl (C=O) groups excluding carboxylic acids is 3. The highest BCUT2D eigenvalue weighted by molar-refractivity contribution is 5.95. The number of hydrazine groups is 1. The van der Waals surface area contributed by atoms with E-state index in [1.807, 2.05) is 25.3 Å². The number of rotatable bonds is 5. The van der Waals surface area contributed by atoms with E-state index in [1.54, 1.807) is 27.9 Å². The van der Waals surface area contributed by atoms with E-state index in [0.29, 0.717) is 25.8 Å². The highest BCUT2D eigenvalue weighted by Gasteiger charge is 2.36. The van der Waals surface area contributed by atoms with Crippen LogP contribution >= 0.6 is 0 Å². The minimum absolute atomic E-state index is 0.174. The van der Waals surface area contributed by atoms with Gasteiger partial charge in [0.05, 0.1) is 24.1 Å². The average molecular weight is 726 g/mol. The Morgan fingerprint density at radius 3 is 2.66 bits per heavy atom. The Labute approximate surface area is 313 Å². The first-order valence-corrected chi connectivity index (χ1v) is 18.9. The third kappa shape index (κ3) is 8.52. The quantitative estimate of drug-likeness (QED) is 0.272. The van der Waals surface area contributed by atoms with Gasteiger partial charge in [-0.2, -0.15) is 0 Å². The lowest BCUT2D eigenvalue weighted by Crippen LogP contribution is -2.60. The molecule has 11 heteroatoms. The number of esters is 1. The van der Waals surface area contributed by atoms with Gasteiger partial charge in [-0.25, -0.2) is 10.2 Å². The van der Waals surface area contributed by atoms with Gasteiger partial charge in [0.25, 0.3) is 5.91 Å². The molecule has 0 unspecified atom stereocenters. The smallest absolute Gasteiger partial charge is 0.408 e. The van der Waals surface area contributed by atoms with Crippen LogP contribution in [0.2, 0.25) is 0 Å². The van der Waals surface area contributed by atoms with Gasteiger partial charge in [0.1, 0.15) is 17.7 Å². The number of aromatic nitrogens is 1. The molecule has 3 aliphatic heterocycles. The number of aliphatic imine (C=N–C) groups is 1. The van der Waals surface area contributed by atoms with E-state index in [9.17, 15) is 14.4 Å². The van der Waals surface area contributed by atoms with Crippen LogP contribution in [0, 0.1) is 5.41 Å². The van der Waals surface area contributed by atoms with E-state index >= 15 is 0 Å². The Morgan fingerprint density at radius 2 is 1.92 bits per heavy atom. The van der Waals surface area contributed by atoms with E-state index in [0.717, 1.165) is 58.4 Å². The summed E-state index contributed by atoms with van der Waals surface area (Å²) >= 11 is 0. The molecule has 1 saturated heterocycles. The van der Waals surface area contributed by atoms with Crippen molar-refractivity contribution in [3.8, 4) is 11.1 Å². The zero-order valence-electron chi connectivity index (χ0n) is 32.5. The molecule has 6 bridgehead atoms. The topological polar surface area (TPSA) is 123 Å². The fourth-order valence-corrected chi connectivity index (χ4v) is 7.70. The molecular weight excluding hydrogens is 670 g/mol. The first kappa shape index (κ1) is 38.3. The summed E-state index contributed by atoms with van der Waals surface area (Å²) in [4.78, 5) is 45.6. The lowest BCUT2D eigenvalue weighted by molar-refractivity contribution is -0.155. The normalized spacial score (nSPS) is 21.6. The van der Waals surface area contributed by atoms with Crippen LogP contribution in [0.25, 0.3) is 27.6 Å². The van der Waals surface area contributed by atoms with Crippen molar-refractivity contribution in [3.63, 3.8) is 0 Å². The molecule has 11 nitrogen and oxygen atoms in total. The van der Waals surface area contributed by atoms with Gasteiger partial charge in [0, 0.05) is 54.7 Å². The monoisotopic (exact) mass is 725 g/mol. The molecular formula is C42H55N5O6. The maximum absolute atomic E-state index is 14.1. The number of hydrogen-bond donors (Lipinski definition) is 2. The number of ether oxygens (including phenoxy) is 3. The summed E-state index contributed by atoms with van der Waals surface area (Å²) in [6, 6.07) is 13.1. The SMILES string of the molecule is CCn1c(C2=C([C@H](C)OC)N=CCC2)c2c3cc(ccc31)-c1cccc(c1)C[C@H](NC(=O)OC(C)(C)C)C(=O)N1CCC[C@H](N1)C(=O)OCC(C)(C)C2. The zero-order chi connectivity index (χ0) is 38.1. The Kier molecular flexibility index (Phi) is 11.2. The molecule has 0 radical (unpaired) electrons. The number of carbonyl (C=O) groups is 3. The van der Waals surface area contributed by atoms with E-state index in [-0.39, 0.29) is 25.0 Å². The van der Waals surface area contributed by atoms with Crippen molar-refractivity contribution >= 4 is 40.7 Å². The average Bonchev–Trinajstić information content (AvgIpc) is 3.43. The number of fused-ring (bicyclic) bond motifs is 6. The number of hydrogen-bond acceptors (Lipinski definition) is 8. The summed E-state index contributed by atoms with van der Waals surface area (Å²) in [6.45, 7) is 15.2. The molecule has 3 aromatic rings. The summed E-state index contributed by atoms with van der Waals surface area (Å²) in [5.41, 5.74) is 10.5. The second-order valence-corrected chi connectivity index (χ2v) is 16.3. The summed E-state index contributed by atoms with van der Waals surface area (Å²) in [5, 5.41) is 5.42. The summed E-state index contributed by atoms with van der Waals surface area (Å²) < 4.78 is 19.8. The van der Waals surface area contributed by atoms with Crippen LogP contribution in [0.5, 0.6) is 0 Å². The Balaban J connectivity index is 1.51. The molecule has 0 aliphatic carbocycles. The van der Waals surface area contributed by atoms with E-state index in [4.69, 9.17) is 19.2 Å². The van der Waals surface area contributed by atoms with Crippen LogP contribution in [0.15, 0.2) is 53.2 Å². The predicted molar refractivity (Wildman–Crippen MR) is 207 cm³/mol. The molecule has 3 atom stereocenters. The number of aryl methyl sites for hydroxylation is 1. The van der Waals surface area contributed by atoms with Crippen LogP contribution in [0.3, 0.4) is 0 Å². The van der Waals surface area contributed by atoms with Gasteiger partial charge in [0.15, 0.2) is 0 Å². The van der Waals surface area contributed by atoms with E-state index < -0.39 is 35.2 Å². The van der Waals surface area contributed by atoms with Gasteiger partial charge in [0.2, 0.25) is 0 Å². The Morgan fingerprint density at radius 1 is 1.15 bits per heavy atom. The number of cyclic esters (lactones) is 1. The van der Waals surface area contributed by atoms with Crippen molar-refractivity contribution in [2.75, 3.05) is 20.3 Å². The molecule has 1 fully saturated rings. The summed E-state index contributed by atoms with van der Waals surface area (Å²) in [6.07, 6.45) is 4.85. The molecule has 2 aromatic carbocycles. The molecule has 0 saturated carbocycles. The first-order valence-electron chi connectivity index (χ1n) is 18.9. The van der Waals surface area contributed by atoms with Crippen LogP contribution in [-0.2, 0) is 43.2 Å². The Bertz CT molecular complexity index is 1940. The van der Waals surface area contributed by atoms with Crippen molar-refractivity contribution < 1.29 is 28.6 Å². The van der Waals surface area contributed by atoms with E-state index in [1.165, 1.54) is 16.1 Å². The van der Waals surface area contributed by atoms with Crippen molar-refractivity contribution in [1.29, 1.82) is 0 Å². The molecule has 2 amide bonds. The highest BCUT2D eigenvalue weighted by atomic mass is 16.6. The fraction of sp³-hybridized carbons (Fsp3) is 0.524. The van der Waals surface area contributed by atoms with Crippen LogP contribution in [0.1, 0.15) is 91.0 Å². The second-order valence-electron chi connectivity index (χ2n) is 16.3. The summed E-state index contributed by atoms with van der Waals surface area (Å²) in [5.74, 6) is -0.747. The van der Waals surface area contributed by atoms with Gasteiger partial charge in [-0.15, -0.1) is 0 Å². The molecule has 2 N–H and O–H groups in total. The van der Waals surface area contributed by atoms with Crippen LogP contribution < -0.4 is 10.7 Å². The Hall–Kier alpha value is -4.48. The standard InChI is InChI=1S/C42H55N5O6/c1-9-46-35-18-17-29-23-31(35)32(37(46)30-15-11-19-43-36(30)26(2)51-8)24-42(6,7)25-52-39(49)33-16-12-20-47(45-33)38(48)34(44-40(50)53-41(3,4)5)22-27-13-10-14-28(29)21-27/h10,13-14,17-19,21,23,26,33-34,45H,9,11-12,15-16,20,22,24-25H2,1-8H3,(H,44,50)/t26-,33-,34-/m0/s1. The largest absolute Gasteiger partial charge is 0.464 e. The third-order valence-corrected chi connectivity index (χ3v) is 10.3. The van der Waals surface area contributed by atoms with Crippen LogP contribution in [-0.4, -0.2) is 77.8 Å². The van der Waals surface area contributed by atoms with Crippen LogP contribution in [0.4, 0.5) is 4.79 Å². The lowest BCUT2D eigenvalue weighted by Gasteiger charge is -2.35. The molecule has 6 rings (SSSR count). The molecule has 3 aliphatic rings. The van der Waals surface area contributed by atoms with Gasteiger partial charge in [-0.1, -0.05) is 44.2 Å². The van der Waals surface area contributed by atoms with Gasteiger partial charge < -0.3 is 24.1 Å². The summed E-state index contributed by atoms with van der Waals surface area (Å²) in [7, 11) is 1.72. The minimum atomic E-state index is -0.939. The third-order valence-electron chi connectivity index (χ3n) is 10.3. The molecule has 4 heterocycles. The number of alkyl carbamates (subject to hydrolysis) is 1. The molecule has 53 heavy (non-hydrogen) atoms. The second kappa shape index (κ2) is 15.5. The van der Waals surface area contributed by atoms with Crippen molar-refractivity contribution in [3.05, 3.63) is 65.0 Å².